The van der Waals surface area contributed by atoms with Gasteiger partial charge in [-0.3, -0.25) is 4.79 Å². The Balaban J connectivity index is 1.48. The summed E-state index contributed by atoms with van der Waals surface area (Å²) in [7, 11) is -1.98. The Labute approximate surface area is 181 Å². The average molecular weight is 450 g/mol. The molecule has 1 saturated heterocycles. The summed E-state index contributed by atoms with van der Waals surface area (Å²) >= 11 is 0. The summed E-state index contributed by atoms with van der Waals surface area (Å²) in [6.45, 7) is 2.76. The number of alkyl carbamates (subject to hydrolysis) is 1. The Hall–Kier alpha value is -2.92. The summed E-state index contributed by atoms with van der Waals surface area (Å²) < 4.78 is 33.8. The molecule has 11 heteroatoms. The Morgan fingerprint density at radius 1 is 1.13 bits per heavy atom. The molecule has 1 fully saturated rings. The maximum Gasteiger partial charge on any atom is 0.407 e. The molecule has 2 aromatic rings. The second-order valence-corrected chi connectivity index (χ2v) is 9.18. The molecule has 168 valence electrons. The maximum absolute atomic E-state index is 12.9. The molecule has 0 unspecified atom stereocenters. The number of hydrogen-bond acceptors (Lipinski definition) is 6. The fourth-order valence-electron chi connectivity index (χ4n) is 3.20. The number of aromatic nitrogens is 2. The largest absolute Gasteiger partial charge is 0.445 e. The molecule has 0 spiro atoms. The summed E-state index contributed by atoms with van der Waals surface area (Å²) in [5.41, 5.74) is 0.848. The van der Waals surface area contributed by atoms with E-state index in [2.05, 4.69) is 10.3 Å². The first-order valence-electron chi connectivity index (χ1n) is 10.00. The molecular formula is C20H27N5O5S. The van der Waals surface area contributed by atoms with Crippen molar-refractivity contribution in [2.24, 2.45) is 7.05 Å². The van der Waals surface area contributed by atoms with Crippen molar-refractivity contribution in [2.75, 3.05) is 32.7 Å². The van der Waals surface area contributed by atoms with E-state index in [0.717, 1.165) is 5.56 Å². The molecule has 2 heterocycles. The van der Waals surface area contributed by atoms with Gasteiger partial charge in [-0.15, -0.1) is 0 Å². The monoisotopic (exact) mass is 449 g/mol. The quantitative estimate of drug-likeness (QED) is 0.700. The van der Waals surface area contributed by atoms with E-state index in [9.17, 15) is 18.0 Å². The fraction of sp³-hybridized carbons (Fsp3) is 0.450. The smallest absolute Gasteiger partial charge is 0.407 e. The molecule has 1 aromatic heterocycles. The number of carbonyl (C=O) groups excluding carboxylic acids is 2. The Morgan fingerprint density at radius 3 is 2.55 bits per heavy atom. The molecule has 1 N–H and O–H groups in total. The zero-order valence-corrected chi connectivity index (χ0v) is 18.5. The molecule has 1 aromatic carbocycles. The molecular weight excluding hydrogens is 422 g/mol. The maximum atomic E-state index is 12.9. The molecule has 1 aliphatic rings. The van der Waals surface area contributed by atoms with Crippen LogP contribution in [0.4, 0.5) is 4.79 Å². The molecule has 10 nitrogen and oxygen atoms in total. The molecule has 2 amide bonds. The minimum absolute atomic E-state index is 0.00936. The van der Waals surface area contributed by atoms with Crippen molar-refractivity contribution in [2.45, 2.75) is 25.0 Å². The normalized spacial score (nSPS) is 15.4. The predicted molar refractivity (Wildman–Crippen MR) is 113 cm³/mol. The van der Waals surface area contributed by atoms with Crippen molar-refractivity contribution >= 4 is 22.0 Å². The van der Waals surface area contributed by atoms with Gasteiger partial charge in [0.25, 0.3) is 10.0 Å². The number of nitrogens with zero attached hydrogens (tertiary/aromatic N) is 4. The van der Waals surface area contributed by atoms with Crippen molar-refractivity contribution in [1.82, 2.24) is 24.1 Å². The number of amides is 2. The summed E-state index contributed by atoms with van der Waals surface area (Å²) in [6.07, 6.45) is 1.31. The van der Waals surface area contributed by atoms with Crippen LogP contribution in [0.3, 0.4) is 0 Å². The van der Waals surface area contributed by atoms with Gasteiger partial charge in [-0.05, 0) is 18.9 Å². The first-order valence-corrected chi connectivity index (χ1v) is 11.4. The van der Waals surface area contributed by atoms with E-state index in [1.165, 1.54) is 10.5 Å². The van der Waals surface area contributed by atoms with Crippen LogP contribution < -0.4 is 5.32 Å². The van der Waals surface area contributed by atoms with Gasteiger partial charge >= 0.3 is 6.09 Å². The van der Waals surface area contributed by atoms with Crippen molar-refractivity contribution < 1.29 is 22.7 Å². The standard InChI is InChI=1S/C20H27N5O5S/c1-16-22-18(14-23(16)2)31(28,29)25-10-6-9-24(11-12-25)19(26)13-21-20(27)30-15-17-7-4-3-5-8-17/h3-5,7-8,14H,6,9-13,15H2,1-2H3,(H,21,27). The number of ether oxygens (including phenoxy) is 1. The second-order valence-electron chi connectivity index (χ2n) is 7.29. The zero-order chi connectivity index (χ0) is 22.4. The number of aryl methyl sites for hydroxylation is 2. The molecule has 1 aliphatic heterocycles. The first kappa shape index (κ1) is 22.8. The van der Waals surface area contributed by atoms with E-state index >= 15 is 0 Å². The minimum atomic E-state index is -3.72. The van der Waals surface area contributed by atoms with E-state index in [-0.39, 0.29) is 37.2 Å². The lowest BCUT2D eigenvalue weighted by Crippen LogP contribution is -2.42. The summed E-state index contributed by atoms with van der Waals surface area (Å²) in [4.78, 5) is 30.0. The molecule has 0 bridgehead atoms. The van der Waals surface area contributed by atoms with Gasteiger partial charge in [0.05, 0.1) is 0 Å². The van der Waals surface area contributed by atoms with Crippen molar-refractivity contribution in [3.05, 3.63) is 47.9 Å². The number of sulfonamides is 1. The van der Waals surface area contributed by atoms with Crippen LogP contribution in [0.5, 0.6) is 0 Å². The molecule has 0 aliphatic carbocycles. The van der Waals surface area contributed by atoms with Gasteiger partial charge in [0, 0.05) is 39.4 Å². The van der Waals surface area contributed by atoms with Crippen LogP contribution in [0, 0.1) is 6.92 Å². The lowest BCUT2D eigenvalue weighted by Gasteiger charge is -2.21. The third kappa shape index (κ3) is 5.82. The van der Waals surface area contributed by atoms with Crippen LogP contribution in [0.2, 0.25) is 0 Å². The minimum Gasteiger partial charge on any atom is -0.445 e. The number of rotatable bonds is 6. The second kappa shape index (κ2) is 9.92. The topological polar surface area (TPSA) is 114 Å². The van der Waals surface area contributed by atoms with Crippen LogP contribution >= 0.6 is 0 Å². The summed E-state index contributed by atoms with van der Waals surface area (Å²) in [5, 5.41) is 2.46. The fourth-order valence-corrected chi connectivity index (χ4v) is 4.69. The van der Waals surface area contributed by atoms with Crippen LogP contribution in [0.15, 0.2) is 41.6 Å². The molecule has 0 radical (unpaired) electrons. The molecule has 0 saturated carbocycles. The third-order valence-electron chi connectivity index (χ3n) is 5.10. The number of nitrogens with one attached hydrogen (secondary N) is 1. The van der Waals surface area contributed by atoms with Crippen molar-refractivity contribution in [3.63, 3.8) is 0 Å². The SMILES string of the molecule is Cc1nc(S(=O)(=O)N2CCCN(C(=O)CNC(=O)OCc3ccccc3)CC2)cn1C. The van der Waals surface area contributed by atoms with Gasteiger partial charge in [0.15, 0.2) is 5.03 Å². The highest BCUT2D eigenvalue weighted by atomic mass is 32.2. The van der Waals surface area contributed by atoms with Crippen LogP contribution in [-0.2, 0) is 33.2 Å². The van der Waals surface area contributed by atoms with Gasteiger partial charge in [-0.2, -0.15) is 4.31 Å². The molecule has 31 heavy (non-hydrogen) atoms. The van der Waals surface area contributed by atoms with Gasteiger partial charge in [-0.25, -0.2) is 18.2 Å². The lowest BCUT2D eigenvalue weighted by molar-refractivity contribution is -0.130. The van der Waals surface area contributed by atoms with Gasteiger partial charge in [-0.1, -0.05) is 30.3 Å². The van der Waals surface area contributed by atoms with E-state index < -0.39 is 16.1 Å². The first-order chi connectivity index (χ1) is 14.8. The number of carbonyl (C=O) groups is 2. The van der Waals surface area contributed by atoms with E-state index in [0.29, 0.717) is 25.3 Å². The van der Waals surface area contributed by atoms with E-state index in [1.807, 2.05) is 30.3 Å². The highest BCUT2D eigenvalue weighted by molar-refractivity contribution is 7.89. The number of imidazole rings is 1. The van der Waals surface area contributed by atoms with Gasteiger partial charge in [0.1, 0.15) is 19.0 Å². The number of benzene rings is 1. The molecule has 0 atom stereocenters. The van der Waals surface area contributed by atoms with Crippen molar-refractivity contribution in [3.8, 4) is 0 Å². The van der Waals surface area contributed by atoms with Crippen LogP contribution in [0.1, 0.15) is 17.8 Å². The molecule has 3 rings (SSSR count). The Morgan fingerprint density at radius 2 is 1.87 bits per heavy atom. The summed E-state index contributed by atoms with van der Waals surface area (Å²) in [5.74, 6) is 0.319. The van der Waals surface area contributed by atoms with E-state index in [4.69, 9.17) is 4.74 Å². The summed E-state index contributed by atoms with van der Waals surface area (Å²) in [6, 6.07) is 9.23. The predicted octanol–water partition coefficient (Wildman–Crippen LogP) is 0.878. The van der Waals surface area contributed by atoms with Crippen LogP contribution in [-0.4, -0.2) is 71.9 Å². The number of hydrogen-bond donors (Lipinski definition) is 1. The van der Waals surface area contributed by atoms with E-state index in [1.54, 1.807) is 23.4 Å². The Bertz CT molecular complexity index is 1000. The highest BCUT2D eigenvalue weighted by Crippen LogP contribution is 2.17. The van der Waals surface area contributed by atoms with Crippen molar-refractivity contribution in [1.29, 1.82) is 0 Å². The highest BCUT2D eigenvalue weighted by Gasteiger charge is 2.30. The van der Waals surface area contributed by atoms with Gasteiger partial charge in [0.2, 0.25) is 5.91 Å². The average Bonchev–Trinajstić information content (AvgIpc) is 2.96. The zero-order valence-electron chi connectivity index (χ0n) is 17.7. The van der Waals surface area contributed by atoms with Crippen LogP contribution in [0.25, 0.3) is 0 Å². The third-order valence-corrected chi connectivity index (χ3v) is 6.87. The Kier molecular flexibility index (Phi) is 7.29. The van der Waals surface area contributed by atoms with Gasteiger partial charge < -0.3 is 19.5 Å². The lowest BCUT2D eigenvalue weighted by atomic mass is 10.2.